The van der Waals surface area contributed by atoms with E-state index in [1.165, 1.54) is 6.42 Å². The van der Waals surface area contributed by atoms with E-state index in [0.29, 0.717) is 5.25 Å². The first-order chi connectivity index (χ1) is 6.75. The zero-order valence-electron chi connectivity index (χ0n) is 8.36. The van der Waals surface area contributed by atoms with E-state index in [9.17, 15) is 0 Å². The van der Waals surface area contributed by atoms with Crippen molar-refractivity contribution in [1.82, 2.24) is 15.5 Å². The Kier molecular flexibility index (Phi) is 3.25. The third kappa shape index (κ3) is 2.37. The van der Waals surface area contributed by atoms with Crippen LogP contribution < -0.4 is 10.2 Å². The largest absolute Gasteiger partial charge is 0.353 e. The van der Waals surface area contributed by atoms with Crippen LogP contribution in [0.1, 0.15) is 6.42 Å². The smallest absolute Gasteiger partial charge is 0.208 e. The highest BCUT2D eigenvalue weighted by Crippen LogP contribution is 2.31. The molecule has 1 atom stereocenters. The predicted molar refractivity (Wildman–Crippen MR) is 61.4 cm³/mol. The van der Waals surface area contributed by atoms with E-state index >= 15 is 0 Å². The first-order valence-corrected chi connectivity index (χ1v) is 6.33. The Labute approximate surface area is 92.1 Å². The lowest BCUT2D eigenvalue weighted by Gasteiger charge is -2.04. The van der Waals surface area contributed by atoms with E-state index in [1.807, 2.05) is 30.8 Å². The number of nitrogens with zero attached hydrogens (tertiary/aromatic N) is 3. The van der Waals surface area contributed by atoms with Crippen molar-refractivity contribution in [3.8, 4) is 0 Å². The molecule has 0 saturated carbocycles. The lowest BCUT2D eigenvalue weighted by atomic mass is 10.4. The third-order valence-corrected chi connectivity index (χ3v) is 4.50. The molecule has 0 radical (unpaired) electrons. The van der Waals surface area contributed by atoms with Gasteiger partial charge in [-0.05, 0) is 13.0 Å². The van der Waals surface area contributed by atoms with Crippen molar-refractivity contribution in [2.45, 2.75) is 16.0 Å². The fourth-order valence-electron chi connectivity index (χ4n) is 1.30. The van der Waals surface area contributed by atoms with E-state index < -0.39 is 0 Å². The van der Waals surface area contributed by atoms with Crippen LogP contribution >= 0.6 is 23.1 Å². The molecule has 1 saturated heterocycles. The van der Waals surface area contributed by atoms with Gasteiger partial charge in [-0.3, -0.25) is 0 Å². The van der Waals surface area contributed by atoms with Crippen LogP contribution in [0.5, 0.6) is 0 Å². The normalized spacial score (nSPS) is 21.4. The molecular formula is C8H14N4S2. The molecular weight excluding hydrogens is 216 g/mol. The number of hydrogen-bond donors (Lipinski definition) is 1. The summed E-state index contributed by atoms with van der Waals surface area (Å²) < 4.78 is 1.09. The maximum absolute atomic E-state index is 4.16. The monoisotopic (exact) mass is 230 g/mol. The zero-order valence-corrected chi connectivity index (χ0v) is 9.99. The molecule has 0 bridgehead atoms. The van der Waals surface area contributed by atoms with Crippen LogP contribution in [-0.4, -0.2) is 42.6 Å². The quantitative estimate of drug-likeness (QED) is 0.841. The van der Waals surface area contributed by atoms with Crippen molar-refractivity contribution in [2.24, 2.45) is 0 Å². The summed E-state index contributed by atoms with van der Waals surface area (Å²) in [6.07, 6.45) is 1.24. The van der Waals surface area contributed by atoms with E-state index in [-0.39, 0.29) is 0 Å². The Morgan fingerprint density at radius 2 is 2.36 bits per heavy atom. The SMILES string of the molecule is CN(C)c1nnc(SC2CCNC2)s1. The molecule has 1 aliphatic heterocycles. The van der Waals surface area contributed by atoms with Gasteiger partial charge in [-0.1, -0.05) is 23.1 Å². The van der Waals surface area contributed by atoms with Gasteiger partial charge in [-0.2, -0.15) is 0 Å². The van der Waals surface area contributed by atoms with E-state index in [2.05, 4.69) is 15.5 Å². The van der Waals surface area contributed by atoms with Crippen LogP contribution in [0, 0.1) is 0 Å². The van der Waals surface area contributed by atoms with Crippen LogP contribution in [-0.2, 0) is 0 Å². The van der Waals surface area contributed by atoms with Crippen LogP contribution in [0.15, 0.2) is 4.34 Å². The standard InChI is InChI=1S/C8H14N4S2/c1-12(2)7-10-11-8(14-7)13-6-3-4-9-5-6/h6,9H,3-5H2,1-2H3. The summed E-state index contributed by atoms with van der Waals surface area (Å²) in [6, 6.07) is 0. The number of aromatic nitrogens is 2. The Morgan fingerprint density at radius 3 is 2.93 bits per heavy atom. The van der Waals surface area contributed by atoms with Crippen molar-refractivity contribution in [1.29, 1.82) is 0 Å². The summed E-state index contributed by atoms with van der Waals surface area (Å²) in [4.78, 5) is 1.99. The minimum Gasteiger partial charge on any atom is -0.353 e. The zero-order chi connectivity index (χ0) is 9.97. The molecule has 0 spiro atoms. The average Bonchev–Trinajstić information content (AvgIpc) is 2.75. The van der Waals surface area contributed by atoms with Gasteiger partial charge in [0.05, 0.1) is 0 Å². The minimum absolute atomic E-state index is 0.679. The molecule has 1 fully saturated rings. The number of hydrogen-bond acceptors (Lipinski definition) is 6. The second kappa shape index (κ2) is 4.46. The topological polar surface area (TPSA) is 41.1 Å². The maximum Gasteiger partial charge on any atom is 0.208 e. The van der Waals surface area contributed by atoms with Gasteiger partial charge in [0.15, 0.2) is 4.34 Å². The van der Waals surface area contributed by atoms with Gasteiger partial charge >= 0.3 is 0 Å². The number of nitrogens with one attached hydrogen (secondary N) is 1. The number of rotatable bonds is 3. The van der Waals surface area contributed by atoms with E-state index in [0.717, 1.165) is 22.6 Å². The molecule has 1 aromatic rings. The first-order valence-electron chi connectivity index (χ1n) is 4.64. The Bertz CT molecular complexity index is 293. The van der Waals surface area contributed by atoms with Gasteiger partial charge in [0, 0.05) is 25.9 Å². The maximum atomic E-state index is 4.16. The average molecular weight is 230 g/mol. The Hall–Kier alpha value is -0.330. The lowest BCUT2D eigenvalue weighted by Crippen LogP contribution is -2.09. The van der Waals surface area contributed by atoms with Crippen molar-refractivity contribution < 1.29 is 0 Å². The summed E-state index contributed by atoms with van der Waals surface area (Å²) in [7, 11) is 3.98. The van der Waals surface area contributed by atoms with Gasteiger partial charge < -0.3 is 10.2 Å². The second-order valence-electron chi connectivity index (χ2n) is 3.48. The minimum atomic E-state index is 0.679. The molecule has 0 aromatic carbocycles. The van der Waals surface area contributed by atoms with Gasteiger partial charge in [0.25, 0.3) is 0 Å². The highest BCUT2D eigenvalue weighted by Gasteiger charge is 2.18. The first kappa shape index (κ1) is 10.2. The summed E-state index contributed by atoms with van der Waals surface area (Å²) >= 11 is 3.51. The molecule has 1 unspecified atom stereocenters. The molecule has 1 aromatic heterocycles. The highest BCUT2D eigenvalue weighted by atomic mass is 32.2. The Balaban J connectivity index is 1.95. The van der Waals surface area contributed by atoms with Gasteiger partial charge in [-0.15, -0.1) is 10.2 Å². The molecule has 6 heteroatoms. The second-order valence-corrected chi connectivity index (χ2v) is 5.98. The molecule has 4 nitrogen and oxygen atoms in total. The molecule has 2 heterocycles. The summed E-state index contributed by atoms with van der Waals surface area (Å²) in [5, 5.41) is 13.3. The molecule has 0 amide bonds. The predicted octanol–water partition coefficient (Wildman–Crippen LogP) is 1.06. The molecule has 78 valence electrons. The van der Waals surface area contributed by atoms with Crippen LogP contribution in [0.25, 0.3) is 0 Å². The fraction of sp³-hybridized carbons (Fsp3) is 0.750. The van der Waals surface area contributed by atoms with Crippen molar-refractivity contribution in [3.63, 3.8) is 0 Å². The molecule has 0 aliphatic carbocycles. The number of anilines is 1. The lowest BCUT2D eigenvalue weighted by molar-refractivity contribution is 0.858. The Morgan fingerprint density at radius 1 is 1.50 bits per heavy atom. The molecule has 14 heavy (non-hydrogen) atoms. The van der Waals surface area contributed by atoms with Crippen LogP contribution in [0.2, 0.25) is 0 Å². The molecule has 1 aliphatic rings. The van der Waals surface area contributed by atoms with Gasteiger partial charge in [0.1, 0.15) is 0 Å². The number of thioether (sulfide) groups is 1. The van der Waals surface area contributed by atoms with Crippen molar-refractivity contribution in [3.05, 3.63) is 0 Å². The van der Waals surface area contributed by atoms with E-state index in [4.69, 9.17) is 0 Å². The van der Waals surface area contributed by atoms with Gasteiger partial charge in [0.2, 0.25) is 5.13 Å². The fourth-order valence-corrected chi connectivity index (χ4v) is 3.44. The summed E-state index contributed by atoms with van der Waals surface area (Å²) in [6.45, 7) is 2.23. The van der Waals surface area contributed by atoms with Gasteiger partial charge in [-0.25, -0.2) is 0 Å². The van der Waals surface area contributed by atoms with Crippen LogP contribution in [0.3, 0.4) is 0 Å². The summed E-state index contributed by atoms with van der Waals surface area (Å²) in [5.41, 5.74) is 0. The van der Waals surface area contributed by atoms with E-state index in [1.54, 1.807) is 11.3 Å². The summed E-state index contributed by atoms with van der Waals surface area (Å²) in [5.74, 6) is 0. The van der Waals surface area contributed by atoms with Crippen molar-refractivity contribution in [2.75, 3.05) is 32.1 Å². The molecule has 1 N–H and O–H groups in total. The van der Waals surface area contributed by atoms with Crippen LogP contribution in [0.4, 0.5) is 5.13 Å². The van der Waals surface area contributed by atoms with Crippen molar-refractivity contribution >= 4 is 28.2 Å². The third-order valence-electron chi connectivity index (χ3n) is 2.06. The molecule has 2 rings (SSSR count). The highest BCUT2D eigenvalue weighted by molar-refractivity contribution is 8.01.